The molecule has 1 aromatic rings. The fourth-order valence-electron chi connectivity index (χ4n) is 3.75. The van der Waals surface area contributed by atoms with Crippen molar-refractivity contribution < 1.29 is 23.8 Å². The predicted octanol–water partition coefficient (Wildman–Crippen LogP) is 1.13. The first kappa shape index (κ1) is 17.9. The standard InChI is InChI=1S/C18H26N2O5/c1-24-16-12-13(5-6-14(16)21)17(22)19-7-3-8-20(10-9-19)18(23)15-4-2-11-25-15/h2,4,11,13-14,16,21H,3,5-10,12H2,1H3/t13-,14+,16-/m1/s1. The third kappa shape index (κ3) is 4.04. The third-order valence-corrected chi connectivity index (χ3v) is 5.24. The third-order valence-electron chi connectivity index (χ3n) is 5.24. The minimum absolute atomic E-state index is 0.110. The van der Waals surface area contributed by atoms with Crippen LogP contribution in [0.4, 0.5) is 0 Å². The monoisotopic (exact) mass is 350 g/mol. The molecule has 0 bridgehead atoms. The molecular weight excluding hydrogens is 324 g/mol. The first-order chi connectivity index (χ1) is 12.1. The van der Waals surface area contributed by atoms with Crippen LogP contribution in [0.5, 0.6) is 0 Å². The van der Waals surface area contributed by atoms with E-state index in [9.17, 15) is 14.7 Å². The number of methoxy groups -OCH3 is 1. The van der Waals surface area contributed by atoms with Crippen molar-refractivity contribution >= 4 is 11.8 Å². The van der Waals surface area contributed by atoms with E-state index in [0.29, 0.717) is 51.2 Å². The first-order valence-electron chi connectivity index (χ1n) is 8.92. The highest BCUT2D eigenvalue weighted by Crippen LogP contribution is 2.28. The van der Waals surface area contributed by atoms with Gasteiger partial charge in [0, 0.05) is 39.2 Å². The average Bonchev–Trinajstić information content (AvgIpc) is 3.05. The minimum Gasteiger partial charge on any atom is -0.459 e. The van der Waals surface area contributed by atoms with Crippen LogP contribution in [0.25, 0.3) is 0 Å². The Morgan fingerprint density at radius 3 is 2.68 bits per heavy atom. The number of rotatable bonds is 3. The molecule has 2 amide bonds. The van der Waals surface area contributed by atoms with Crippen LogP contribution in [-0.2, 0) is 9.53 Å². The van der Waals surface area contributed by atoms with Crippen LogP contribution in [0.15, 0.2) is 22.8 Å². The maximum Gasteiger partial charge on any atom is 0.289 e. The maximum atomic E-state index is 12.8. The van der Waals surface area contributed by atoms with Crippen LogP contribution in [-0.4, -0.2) is 72.2 Å². The molecule has 1 aromatic heterocycles. The fraction of sp³-hybridized carbons (Fsp3) is 0.667. The number of hydrogen-bond donors (Lipinski definition) is 1. The van der Waals surface area contributed by atoms with Crippen molar-refractivity contribution in [3.05, 3.63) is 24.2 Å². The van der Waals surface area contributed by atoms with Gasteiger partial charge in [-0.3, -0.25) is 9.59 Å². The zero-order valence-corrected chi connectivity index (χ0v) is 14.6. The molecule has 2 aliphatic rings. The lowest BCUT2D eigenvalue weighted by atomic mass is 9.84. The molecule has 3 atom stereocenters. The number of carbonyl (C=O) groups excluding carboxylic acids is 2. The number of ether oxygens (including phenoxy) is 1. The van der Waals surface area contributed by atoms with Gasteiger partial charge >= 0.3 is 0 Å². The highest BCUT2D eigenvalue weighted by atomic mass is 16.5. The van der Waals surface area contributed by atoms with E-state index >= 15 is 0 Å². The Morgan fingerprint density at radius 1 is 1.20 bits per heavy atom. The zero-order chi connectivity index (χ0) is 17.8. The first-order valence-corrected chi connectivity index (χ1v) is 8.92. The molecule has 3 rings (SSSR count). The molecule has 138 valence electrons. The lowest BCUT2D eigenvalue weighted by Crippen LogP contribution is -2.44. The van der Waals surface area contributed by atoms with E-state index in [0.717, 1.165) is 6.42 Å². The van der Waals surface area contributed by atoms with Crippen molar-refractivity contribution in [1.29, 1.82) is 0 Å². The Kier molecular flexibility index (Phi) is 5.75. The van der Waals surface area contributed by atoms with Gasteiger partial charge in [0.25, 0.3) is 5.91 Å². The summed E-state index contributed by atoms with van der Waals surface area (Å²) in [6.45, 7) is 2.31. The number of nitrogens with zero attached hydrogens (tertiary/aromatic N) is 2. The second-order valence-electron chi connectivity index (χ2n) is 6.80. The average molecular weight is 350 g/mol. The number of aliphatic hydroxyl groups excluding tert-OH is 1. The topological polar surface area (TPSA) is 83.2 Å². The molecule has 0 unspecified atom stereocenters. The van der Waals surface area contributed by atoms with Crippen molar-refractivity contribution in [2.75, 3.05) is 33.3 Å². The molecule has 1 N–H and O–H groups in total. The quantitative estimate of drug-likeness (QED) is 0.884. The lowest BCUT2D eigenvalue weighted by Gasteiger charge is -2.34. The largest absolute Gasteiger partial charge is 0.459 e. The van der Waals surface area contributed by atoms with E-state index in [4.69, 9.17) is 9.15 Å². The van der Waals surface area contributed by atoms with E-state index < -0.39 is 6.10 Å². The summed E-state index contributed by atoms with van der Waals surface area (Å²) in [5.74, 6) is 0.213. The summed E-state index contributed by atoms with van der Waals surface area (Å²) in [4.78, 5) is 28.8. The summed E-state index contributed by atoms with van der Waals surface area (Å²) in [6, 6.07) is 3.36. The summed E-state index contributed by atoms with van der Waals surface area (Å²) in [6.07, 6.45) is 3.32. The molecule has 25 heavy (non-hydrogen) atoms. The SMILES string of the molecule is CO[C@@H]1C[C@H](C(=O)N2CCCN(C(=O)c3ccco3)CC2)CC[C@@H]1O. The van der Waals surface area contributed by atoms with E-state index in [1.54, 1.807) is 24.1 Å². The van der Waals surface area contributed by atoms with E-state index in [-0.39, 0.29) is 23.8 Å². The van der Waals surface area contributed by atoms with Crippen molar-refractivity contribution in [3.8, 4) is 0 Å². The molecule has 1 saturated heterocycles. The number of carbonyl (C=O) groups is 2. The number of hydrogen-bond acceptors (Lipinski definition) is 5. The maximum absolute atomic E-state index is 12.8. The molecule has 2 heterocycles. The van der Waals surface area contributed by atoms with E-state index in [2.05, 4.69) is 0 Å². The van der Waals surface area contributed by atoms with Crippen molar-refractivity contribution in [3.63, 3.8) is 0 Å². The second kappa shape index (κ2) is 8.01. The molecule has 7 nitrogen and oxygen atoms in total. The fourth-order valence-corrected chi connectivity index (χ4v) is 3.75. The number of aliphatic hydroxyl groups is 1. The smallest absolute Gasteiger partial charge is 0.289 e. The number of furan rings is 1. The summed E-state index contributed by atoms with van der Waals surface area (Å²) >= 11 is 0. The predicted molar refractivity (Wildman–Crippen MR) is 90.0 cm³/mol. The van der Waals surface area contributed by atoms with Crippen LogP contribution < -0.4 is 0 Å². The van der Waals surface area contributed by atoms with Gasteiger partial charge in [0.1, 0.15) is 0 Å². The molecule has 7 heteroatoms. The van der Waals surface area contributed by atoms with Crippen molar-refractivity contribution in [2.24, 2.45) is 5.92 Å². The van der Waals surface area contributed by atoms with Crippen LogP contribution >= 0.6 is 0 Å². The Morgan fingerprint density at radius 2 is 1.96 bits per heavy atom. The van der Waals surface area contributed by atoms with Crippen LogP contribution in [0, 0.1) is 5.92 Å². The molecule has 0 radical (unpaired) electrons. The van der Waals surface area contributed by atoms with Gasteiger partial charge in [-0.05, 0) is 37.8 Å². The van der Waals surface area contributed by atoms with E-state index in [1.165, 1.54) is 6.26 Å². The number of amides is 2. The summed E-state index contributed by atoms with van der Waals surface area (Å²) in [5, 5.41) is 9.91. The molecular formula is C18H26N2O5. The molecule has 1 aliphatic heterocycles. The van der Waals surface area contributed by atoms with Gasteiger partial charge in [-0.1, -0.05) is 0 Å². The highest BCUT2D eigenvalue weighted by Gasteiger charge is 2.35. The normalized spacial score (nSPS) is 27.8. The minimum atomic E-state index is -0.486. The molecule has 1 aliphatic carbocycles. The molecule has 0 spiro atoms. The molecule has 1 saturated carbocycles. The second-order valence-corrected chi connectivity index (χ2v) is 6.80. The van der Waals surface area contributed by atoms with E-state index in [1.807, 2.05) is 4.90 Å². The van der Waals surface area contributed by atoms with Gasteiger partial charge in [-0.25, -0.2) is 0 Å². The summed E-state index contributed by atoms with van der Waals surface area (Å²) < 4.78 is 10.5. The van der Waals surface area contributed by atoms with Crippen molar-refractivity contribution in [2.45, 2.75) is 37.9 Å². The van der Waals surface area contributed by atoms with Gasteiger partial charge in [0.15, 0.2) is 5.76 Å². The van der Waals surface area contributed by atoms with Crippen LogP contribution in [0.2, 0.25) is 0 Å². The Bertz CT molecular complexity index is 588. The van der Waals surface area contributed by atoms with Gasteiger partial charge in [0.2, 0.25) is 5.91 Å². The lowest BCUT2D eigenvalue weighted by molar-refractivity contribution is -0.140. The van der Waals surface area contributed by atoms with Gasteiger partial charge in [-0.2, -0.15) is 0 Å². The van der Waals surface area contributed by atoms with Gasteiger partial charge in [-0.15, -0.1) is 0 Å². The van der Waals surface area contributed by atoms with Crippen LogP contribution in [0.1, 0.15) is 36.2 Å². The van der Waals surface area contributed by atoms with Crippen molar-refractivity contribution in [1.82, 2.24) is 9.80 Å². The Hall–Kier alpha value is -1.86. The Balaban J connectivity index is 1.57. The molecule has 0 aromatic carbocycles. The summed E-state index contributed by atoms with van der Waals surface area (Å²) in [5.41, 5.74) is 0. The molecule has 2 fully saturated rings. The highest BCUT2D eigenvalue weighted by molar-refractivity contribution is 5.91. The Labute approximate surface area is 147 Å². The summed E-state index contributed by atoms with van der Waals surface area (Å²) in [7, 11) is 1.57. The van der Waals surface area contributed by atoms with Gasteiger partial charge < -0.3 is 24.1 Å². The van der Waals surface area contributed by atoms with Gasteiger partial charge in [0.05, 0.1) is 18.5 Å². The zero-order valence-electron chi connectivity index (χ0n) is 14.6. The van der Waals surface area contributed by atoms with Crippen LogP contribution in [0.3, 0.4) is 0 Å².